The van der Waals surface area contributed by atoms with Gasteiger partial charge in [-0.2, -0.15) is 0 Å². The third-order valence-electron chi connectivity index (χ3n) is 3.66. The molecule has 1 aliphatic heterocycles. The normalized spacial score (nSPS) is 15.7. The number of carbonyl (C=O) groups excluding carboxylic acids is 1. The Bertz CT molecular complexity index is 864. The van der Waals surface area contributed by atoms with Gasteiger partial charge in [-0.05, 0) is 55.3 Å². The van der Waals surface area contributed by atoms with Crippen molar-refractivity contribution in [3.63, 3.8) is 0 Å². The molecule has 0 unspecified atom stereocenters. The number of hydrogen-bond acceptors (Lipinski definition) is 2. The van der Waals surface area contributed by atoms with Crippen molar-refractivity contribution in [1.29, 1.82) is 0 Å². The quantitative estimate of drug-likeness (QED) is 0.524. The van der Waals surface area contributed by atoms with Gasteiger partial charge < -0.3 is 4.74 Å². The molecule has 3 rings (SSSR count). The molecule has 0 bridgehead atoms. The summed E-state index contributed by atoms with van der Waals surface area (Å²) >= 11 is 12.0. The van der Waals surface area contributed by atoms with Crippen molar-refractivity contribution in [2.24, 2.45) is 0 Å². The van der Waals surface area contributed by atoms with Crippen LogP contribution in [0, 0.1) is 13.8 Å². The maximum atomic E-state index is 12.1. The standard InChI is InChI=1S/C19H14Cl2O2/c1-11-3-4-12(2)16(7-11)18-9-14(19(22)23-18)8-13-5-6-15(20)10-17(13)21/h3-10H,1-2H3. The average Bonchev–Trinajstić information content (AvgIpc) is 2.85. The first-order valence-electron chi connectivity index (χ1n) is 7.12. The van der Waals surface area contributed by atoms with E-state index in [4.69, 9.17) is 27.9 Å². The highest BCUT2D eigenvalue weighted by atomic mass is 35.5. The Hall–Kier alpha value is -2.03. The zero-order valence-electron chi connectivity index (χ0n) is 12.7. The lowest BCUT2D eigenvalue weighted by Gasteiger charge is -2.06. The summed E-state index contributed by atoms with van der Waals surface area (Å²) in [6, 6.07) is 11.2. The van der Waals surface area contributed by atoms with E-state index in [1.807, 2.05) is 32.0 Å². The second-order valence-electron chi connectivity index (χ2n) is 5.48. The molecule has 0 aromatic heterocycles. The Kier molecular flexibility index (Phi) is 4.29. The van der Waals surface area contributed by atoms with Crippen LogP contribution in [0.2, 0.25) is 10.0 Å². The van der Waals surface area contributed by atoms with E-state index in [1.165, 1.54) is 0 Å². The number of carbonyl (C=O) groups is 1. The molecule has 0 fully saturated rings. The first-order valence-corrected chi connectivity index (χ1v) is 7.88. The molecule has 0 N–H and O–H groups in total. The van der Waals surface area contributed by atoms with Gasteiger partial charge in [0.1, 0.15) is 5.76 Å². The molecule has 0 saturated heterocycles. The highest BCUT2D eigenvalue weighted by molar-refractivity contribution is 6.35. The molecule has 2 aromatic rings. The zero-order valence-corrected chi connectivity index (χ0v) is 14.2. The van der Waals surface area contributed by atoms with E-state index in [0.29, 0.717) is 21.4 Å². The Morgan fingerprint density at radius 3 is 2.57 bits per heavy atom. The Morgan fingerprint density at radius 1 is 1.04 bits per heavy atom. The van der Waals surface area contributed by atoms with Gasteiger partial charge in [0.2, 0.25) is 0 Å². The summed E-state index contributed by atoms with van der Waals surface area (Å²) in [6.07, 6.45) is 3.45. The van der Waals surface area contributed by atoms with Crippen molar-refractivity contribution in [3.05, 3.63) is 80.3 Å². The lowest BCUT2D eigenvalue weighted by Crippen LogP contribution is -1.98. The van der Waals surface area contributed by atoms with Crippen LogP contribution in [0.1, 0.15) is 22.3 Å². The van der Waals surface area contributed by atoms with Crippen molar-refractivity contribution in [1.82, 2.24) is 0 Å². The number of hydrogen-bond donors (Lipinski definition) is 0. The molecule has 0 aliphatic carbocycles. The summed E-state index contributed by atoms with van der Waals surface area (Å²) in [5.41, 5.74) is 4.27. The lowest BCUT2D eigenvalue weighted by atomic mass is 10.0. The predicted octanol–water partition coefficient (Wildman–Crippen LogP) is 5.59. The van der Waals surface area contributed by atoms with E-state index in [0.717, 1.165) is 22.3 Å². The minimum Gasteiger partial charge on any atom is -0.422 e. The molecule has 4 heteroatoms. The first-order chi connectivity index (χ1) is 10.9. The number of esters is 1. The minimum absolute atomic E-state index is 0.382. The van der Waals surface area contributed by atoms with E-state index in [9.17, 15) is 4.79 Å². The molecule has 0 radical (unpaired) electrons. The van der Waals surface area contributed by atoms with Gasteiger partial charge in [0.25, 0.3) is 0 Å². The van der Waals surface area contributed by atoms with Gasteiger partial charge in [0, 0.05) is 15.6 Å². The number of halogens is 2. The first kappa shape index (κ1) is 15.9. The summed E-state index contributed by atoms with van der Waals surface area (Å²) in [6.45, 7) is 3.99. The van der Waals surface area contributed by atoms with Gasteiger partial charge in [-0.1, -0.05) is 47.0 Å². The van der Waals surface area contributed by atoms with Crippen molar-refractivity contribution < 1.29 is 9.53 Å². The number of ether oxygens (including phenoxy) is 1. The fourth-order valence-corrected chi connectivity index (χ4v) is 2.87. The third kappa shape index (κ3) is 3.34. The zero-order chi connectivity index (χ0) is 16.6. The van der Waals surface area contributed by atoms with Crippen LogP contribution in [-0.2, 0) is 9.53 Å². The maximum Gasteiger partial charge on any atom is 0.343 e. The molecule has 0 saturated carbocycles. The van der Waals surface area contributed by atoms with Crippen LogP contribution in [0.3, 0.4) is 0 Å². The van der Waals surface area contributed by atoms with Gasteiger partial charge in [0.05, 0.1) is 5.57 Å². The molecule has 116 valence electrons. The fourth-order valence-electron chi connectivity index (χ4n) is 2.41. The second-order valence-corrected chi connectivity index (χ2v) is 6.33. The number of rotatable bonds is 2. The minimum atomic E-state index is -0.382. The fraction of sp³-hybridized carbons (Fsp3) is 0.105. The summed E-state index contributed by atoms with van der Waals surface area (Å²) in [4.78, 5) is 12.1. The molecule has 1 heterocycles. The van der Waals surface area contributed by atoms with Crippen LogP contribution in [0.25, 0.3) is 11.8 Å². The van der Waals surface area contributed by atoms with Crippen molar-refractivity contribution in [3.8, 4) is 0 Å². The van der Waals surface area contributed by atoms with Gasteiger partial charge >= 0.3 is 5.97 Å². The van der Waals surface area contributed by atoms with Crippen molar-refractivity contribution in [2.75, 3.05) is 0 Å². The molecular weight excluding hydrogens is 331 g/mol. The monoisotopic (exact) mass is 344 g/mol. The van der Waals surface area contributed by atoms with Crippen LogP contribution < -0.4 is 0 Å². The van der Waals surface area contributed by atoms with E-state index < -0.39 is 0 Å². The number of benzene rings is 2. The molecule has 2 nitrogen and oxygen atoms in total. The Balaban J connectivity index is 2.01. The van der Waals surface area contributed by atoms with E-state index in [-0.39, 0.29) is 5.97 Å². The predicted molar refractivity (Wildman–Crippen MR) is 94.4 cm³/mol. The molecule has 0 amide bonds. The lowest BCUT2D eigenvalue weighted by molar-refractivity contribution is -0.130. The largest absolute Gasteiger partial charge is 0.422 e. The van der Waals surface area contributed by atoms with Gasteiger partial charge in [-0.3, -0.25) is 0 Å². The summed E-state index contributed by atoms with van der Waals surface area (Å²) in [5.74, 6) is 0.180. The molecule has 0 spiro atoms. The molecule has 23 heavy (non-hydrogen) atoms. The van der Waals surface area contributed by atoms with Crippen molar-refractivity contribution in [2.45, 2.75) is 13.8 Å². The number of cyclic esters (lactones) is 1. The van der Waals surface area contributed by atoms with Crippen LogP contribution in [0.15, 0.2) is 48.0 Å². The van der Waals surface area contributed by atoms with Crippen LogP contribution >= 0.6 is 23.2 Å². The van der Waals surface area contributed by atoms with Gasteiger partial charge in [0.15, 0.2) is 0 Å². The Labute approximate surface area is 145 Å². The molecule has 2 aromatic carbocycles. The van der Waals surface area contributed by atoms with E-state index in [1.54, 1.807) is 30.4 Å². The second kappa shape index (κ2) is 6.23. The average molecular weight is 345 g/mol. The summed E-state index contributed by atoms with van der Waals surface area (Å²) in [7, 11) is 0. The maximum absolute atomic E-state index is 12.1. The molecule has 1 aliphatic rings. The topological polar surface area (TPSA) is 26.3 Å². The third-order valence-corrected chi connectivity index (χ3v) is 4.22. The highest BCUT2D eigenvalue weighted by Gasteiger charge is 2.23. The van der Waals surface area contributed by atoms with E-state index in [2.05, 4.69) is 0 Å². The molecular formula is C19H14Cl2O2. The van der Waals surface area contributed by atoms with Crippen LogP contribution in [0.4, 0.5) is 0 Å². The van der Waals surface area contributed by atoms with Crippen LogP contribution in [0.5, 0.6) is 0 Å². The Morgan fingerprint density at radius 2 is 1.83 bits per heavy atom. The van der Waals surface area contributed by atoms with Gasteiger partial charge in [-0.25, -0.2) is 4.79 Å². The number of aryl methyl sites for hydroxylation is 2. The van der Waals surface area contributed by atoms with Crippen LogP contribution in [-0.4, -0.2) is 5.97 Å². The highest BCUT2D eigenvalue weighted by Crippen LogP contribution is 2.31. The van der Waals surface area contributed by atoms with E-state index >= 15 is 0 Å². The smallest absolute Gasteiger partial charge is 0.343 e. The SMILES string of the molecule is Cc1ccc(C)c(C2=CC(=Cc3ccc(Cl)cc3Cl)C(=O)O2)c1. The molecule has 0 atom stereocenters. The van der Waals surface area contributed by atoms with Gasteiger partial charge in [-0.15, -0.1) is 0 Å². The summed E-state index contributed by atoms with van der Waals surface area (Å²) in [5, 5.41) is 1.05. The summed E-state index contributed by atoms with van der Waals surface area (Å²) < 4.78 is 5.42. The van der Waals surface area contributed by atoms with Crippen molar-refractivity contribution >= 4 is 41.0 Å².